The van der Waals surface area contributed by atoms with Gasteiger partial charge in [0, 0.05) is 35.3 Å². The van der Waals surface area contributed by atoms with Crippen LogP contribution in [0.4, 0.5) is 0 Å². The van der Waals surface area contributed by atoms with Crippen molar-refractivity contribution in [1.29, 1.82) is 0 Å². The summed E-state index contributed by atoms with van der Waals surface area (Å²) < 4.78 is 5.82. The Hall–Kier alpha value is -3.78. The van der Waals surface area contributed by atoms with E-state index in [9.17, 15) is 0 Å². The number of nitrogens with zero attached hydrogens (tertiary/aromatic N) is 5. The summed E-state index contributed by atoms with van der Waals surface area (Å²) in [6.07, 6.45) is 7.08. The summed E-state index contributed by atoms with van der Waals surface area (Å²) in [6.45, 7) is 1.44. The number of aromatic nitrogens is 6. The number of aromatic amines is 2. The average molecular weight is 399 g/mol. The molecule has 0 atom stereocenters. The second-order valence-corrected chi connectivity index (χ2v) is 7.37. The Morgan fingerprint density at radius 3 is 2.87 bits per heavy atom. The second-order valence-electron chi connectivity index (χ2n) is 7.37. The molecule has 0 saturated carbocycles. The topological polar surface area (TPSA) is 95.6 Å². The van der Waals surface area contributed by atoms with Crippen molar-refractivity contribution in [1.82, 2.24) is 35.0 Å². The number of ether oxygens (including phenoxy) is 1. The van der Waals surface area contributed by atoms with Gasteiger partial charge in [-0.25, -0.2) is 4.98 Å². The third-order valence-electron chi connectivity index (χ3n) is 4.91. The van der Waals surface area contributed by atoms with Crippen LogP contribution in [-0.4, -0.2) is 62.3 Å². The van der Waals surface area contributed by atoms with Gasteiger partial charge < -0.3 is 14.6 Å². The lowest BCUT2D eigenvalue weighted by molar-refractivity contribution is 0.261. The molecule has 0 bridgehead atoms. The SMILES string of the molecule is CN(C)CCOc1cncc(-c2cc3c(-c4cc5cccnc5[nH]4)n[nH]c3cn2)c1. The van der Waals surface area contributed by atoms with Crippen LogP contribution in [0.1, 0.15) is 0 Å². The maximum Gasteiger partial charge on any atom is 0.138 e. The van der Waals surface area contributed by atoms with Crippen LogP contribution in [0.2, 0.25) is 0 Å². The number of hydrogen-bond acceptors (Lipinski definition) is 6. The molecule has 0 amide bonds. The molecule has 5 aromatic rings. The maximum atomic E-state index is 5.82. The van der Waals surface area contributed by atoms with Crippen LogP contribution in [-0.2, 0) is 0 Å². The van der Waals surface area contributed by atoms with Gasteiger partial charge in [-0.3, -0.25) is 15.1 Å². The fraction of sp³-hybridized carbons (Fsp3) is 0.182. The van der Waals surface area contributed by atoms with E-state index in [4.69, 9.17) is 4.74 Å². The summed E-state index contributed by atoms with van der Waals surface area (Å²) in [5.74, 6) is 0.727. The zero-order chi connectivity index (χ0) is 20.5. The van der Waals surface area contributed by atoms with Crippen LogP contribution < -0.4 is 4.74 Å². The maximum absolute atomic E-state index is 5.82. The Kier molecular flexibility index (Phi) is 4.61. The lowest BCUT2D eigenvalue weighted by Gasteiger charge is -2.11. The van der Waals surface area contributed by atoms with Crippen molar-refractivity contribution in [2.75, 3.05) is 27.2 Å². The third-order valence-corrected chi connectivity index (χ3v) is 4.91. The highest BCUT2D eigenvalue weighted by Crippen LogP contribution is 2.30. The highest BCUT2D eigenvalue weighted by molar-refractivity contribution is 5.96. The predicted octanol–water partition coefficient (Wildman–Crippen LogP) is 3.50. The van der Waals surface area contributed by atoms with E-state index in [-0.39, 0.29) is 0 Å². The van der Waals surface area contributed by atoms with Gasteiger partial charge in [-0.05, 0) is 44.4 Å². The molecule has 0 radical (unpaired) electrons. The zero-order valence-electron chi connectivity index (χ0n) is 16.8. The molecule has 0 fully saturated rings. The van der Waals surface area contributed by atoms with Gasteiger partial charge >= 0.3 is 0 Å². The van der Waals surface area contributed by atoms with Crippen molar-refractivity contribution < 1.29 is 4.74 Å². The third kappa shape index (κ3) is 3.48. The molecule has 30 heavy (non-hydrogen) atoms. The van der Waals surface area contributed by atoms with Gasteiger partial charge in [0.05, 0.1) is 29.3 Å². The number of fused-ring (bicyclic) bond motifs is 2. The van der Waals surface area contributed by atoms with Crippen LogP contribution in [0, 0.1) is 0 Å². The molecular formula is C22H21N7O. The summed E-state index contributed by atoms with van der Waals surface area (Å²) in [6, 6.07) is 9.98. The quantitative estimate of drug-likeness (QED) is 0.454. The van der Waals surface area contributed by atoms with Crippen molar-refractivity contribution in [3.05, 3.63) is 55.1 Å². The number of likely N-dealkylation sites (N-methyl/N-ethyl adjacent to an activating group) is 1. The van der Waals surface area contributed by atoms with Crippen molar-refractivity contribution in [3.8, 4) is 28.4 Å². The Labute approximate surface area is 173 Å². The first kappa shape index (κ1) is 18.3. The summed E-state index contributed by atoms with van der Waals surface area (Å²) in [4.78, 5) is 18.7. The monoisotopic (exact) mass is 399 g/mol. The summed E-state index contributed by atoms with van der Waals surface area (Å²) in [5.41, 5.74) is 5.15. The van der Waals surface area contributed by atoms with E-state index in [1.54, 1.807) is 24.8 Å². The fourth-order valence-electron chi connectivity index (χ4n) is 3.35. The zero-order valence-corrected chi connectivity index (χ0v) is 16.8. The molecule has 0 saturated heterocycles. The first-order valence-corrected chi connectivity index (χ1v) is 9.68. The molecule has 0 aliphatic heterocycles. The largest absolute Gasteiger partial charge is 0.491 e. The Bertz CT molecular complexity index is 1290. The lowest BCUT2D eigenvalue weighted by Crippen LogP contribution is -2.19. The minimum absolute atomic E-state index is 0.602. The molecule has 0 aliphatic carbocycles. The molecule has 0 aromatic carbocycles. The van der Waals surface area contributed by atoms with Crippen LogP contribution in [0.25, 0.3) is 44.6 Å². The number of nitrogens with one attached hydrogen (secondary N) is 2. The standard InChI is InChI=1S/C22H21N7O/c1-29(2)6-7-30-16-8-15(11-23-12-16)18-10-17-20(13-25-18)27-28-21(17)19-9-14-4-3-5-24-22(14)26-19/h3-5,8-13H,6-7H2,1-2H3,(H,24,26)(H,27,28). The highest BCUT2D eigenvalue weighted by atomic mass is 16.5. The van der Waals surface area contributed by atoms with Gasteiger partial charge in [0.2, 0.25) is 0 Å². The van der Waals surface area contributed by atoms with E-state index in [0.717, 1.165) is 56.9 Å². The number of hydrogen-bond donors (Lipinski definition) is 2. The lowest BCUT2D eigenvalue weighted by atomic mass is 10.1. The van der Waals surface area contributed by atoms with Crippen molar-refractivity contribution in [2.24, 2.45) is 0 Å². The van der Waals surface area contributed by atoms with E-state index >= 15 is 0 Å². The second kappa shape index (κ2) is 7.57. The minimum Gasteiger partial charge on any atom is -0.491 e. The molecule has 8 heteroatoms. The van der Waals surface area contributed by atoms with Crippen LogP contribution >= 0.6 is 0 Å². The van der Waals surface area contributed by atoms with E-state index in [0.29, 0.717) is 6.61 Å². The Morgan fingerprint density at radius 2 is 2.00 bits per heavy atom. The van der Waals surface area contributed by atoms with Gasteiger partial charge in [-0.15, -0.1) is 0 Å². The minimum atomic E-state index is 0.602. The number of H-pyrrole nitrogens is 2. The summed E-state index contributed by atoms with van der Waals surface area (Å²) in [7, 11) is 4.03. The molecular weight excluding hydrogens is 378 g/mol. The average Bonchev–Trinajstić information content (AvgIpc) is 3.37. The summed E-state index contributed by atoms with van der Waals surface area (Å²) >= 11 is 0. The smallest absolute Gasteiger partial charge is 0.138 e. The fourth-order valence-corrected chi connectivity index (χ4v) is 3.35. The Morgan fingerprint density at radius 1 is 1.07 bits per heavy atom. The van der Waals surface area contributed by atoms with Gasteiger partial charge in [-0.2, -0.15) is 5.10 Å². The molecule has 0 unspecified atom stereocenters. The van der Waals surface area contributed by atoms with E-state index in [1.165, 1.54) is 0 Å². The van der Waals surface area contributed by atoms with Crippen molar-refractivity contribution >= 4 is 21.9 Å². The Balaban J connectivity index is 1.50. The molecule has 8 nitrogen and oxygen atoms in total. The van der Waals surface area contributed by atoms with Crippen molar-refractivity contribution in [2.45, 2.75) is 0 Å². The first-order chi connectivity index (χ1) is 14.7. The number of rotatable bonds is 6. The van der Waals surface area contributed by atoms with E-state index in [2.05, 4.69) is 41.1 Å². The van der Waals surface area contributed by atoms with Crippen molar-refractivity contribution in [3.63, 3.8) is 0 Å². The van der Waals surface area contributed by atoms with Gasteiger partial charge in [0.25, 0.3) is 0 Å². The summed E-state index contributed by atoms with van der Waals surface area (Å²) in [5, 5.41) is 9.59. The van der Waals surface area contributed by atoms with Crippen LogP contribution in [0.3, 0.4) is 0 Å². The molecule has 150 valence electrons. The highest BCUT2D eigenvalue weighted by Gasteiger charge is 2.13. The molecule has 5 rings (SSSR count). The molecule has 5 aromatic heterocycles. The molecule has 5 heterocycles. The van der Waals surface area contributed by atoms with E-state index < -0.39 is 0 Å². The first-order valence-electron chi connectivity index (χ1n) is 9.68. The van der Waals surface area contributed by atoms with E-state index in [1.807, 2.05) is 38.4 Å². The molecule has 0 aliphatic rings. The van der Waals surface area contributed by atoms with Gasteiger partial charge in [0.15, 0.2) is 0 Å². The normalized spacial score (nSPS) is 11.6. The number of pyridine rings is 3. The van der Waals surface area contributed by atoms with Gasteiger partial charge in [-0.1, -0.05) is 0 Å². The van der Waals surface area contributed by atoms with Crippen LogP contribution in [0.5, 0.6) is 5.75 Å². The van der Waals surface area contributed by atoms with Gasteiger partial charge in [0.1, 0.15) is 23.7 Å². The predicted molar refractivity (Wildman–Crippen MR) is 116 cm³/mol. The van der Waals surface area contributed by atoms with Crippen LogP contribution in [0.15, 0.2) is 55.1 Å². The molecule has 0 spiro atoms. The molecule has 2 N–H and O–H groups in total.